The first-order chi connectivity index (χ1) is 14.6. The Morgan fingerprint density at radius 3 is 2.45 bits per heavy atom. The van der Waals surface area contributed by atoms with Crippen LogP contribution in [0.1, 0.15) is 16.1 Å². The lowest BCUT2D eigenvalue weighted by Crippen LogP contribution is -2.23. The lowest BCUT2D eigenvalue weighted by molar-refractivity contribution is -0.0436. The number of halogens is 3. The predicted molar refractivity (Wildman–Crippen MR) is 104 cm³/mol. The number of alkyl halides is 3. The number of hydrogen-bond acceptors (Lipinski definition) is 6. The maximum atomic E-state index is 12.9. The zero-order valence-electron chi connectivity index (χ0n) is 16.0. The summed E-state index contributed by atoms with van der Waals surface area (Å²) in [5, 5.41) is 2.32. The summed E-state index contributed by atoms with van der Waals surface area (Å²) in [4.78, 5) is 11.6. The number of carbonyl (C=O) groups excluding carboxylic acids is 1. The van der Waals surface area contributed by atoms with Crippen LogP contribution in [0.3, 0.4) is 0 Å². The van der Waals surface area contributed by atoms with E-state index in [1.54, 1.807) is 24.3 Å². The number of sulfone groups is 1. The van der Waals surface area contributed by atoms with E-state index in [1.165, 1.54) is 19.4 Å². The smallest absolute Gasteiger partial charge is 0.495 e. The lowest BCUT2D eigenvalue weighted by atomic mass is 10.2. The van der Waals surface area contributed by atoms with Gasteiger partial charge in [0.2, 0.25) is 0 Å². The molecule has 0 fully saturated rings. The first-order valence-corrected chi connectivity index (χ1v) is 10.2. The predicted octanol–water partition coefficient (Wildman–Crippen LogP) is 4.41. The molecule has 0 spiro atoms. The minimum absolute atomic E-state index is 0.0110. The van der Waals surface area contributed by atoms with Crippen molar-refractivity contribution < 1.29 is 40.3 Å². The van der Waals surface area contributed by atoms with Gasteiger partial charge in [-0.1, -0.05) is 18.2 Å². The molecule has 7 nitrogen and oxygen atoms in total. The number of benzene rings is 2. The van der Waals surface area contributed by atoms with Crippen molar-refractivity contribution in [2.24, 2.45) is 0 Å². The summed E-state index contributed by atoms with van der Waals surface area (Å²) < 4.78 is 77.7. The Bertz CT molecular complexity index is 1170. The molecule has 1 N–H and O–H groups in total. The standard InChI is InChI=1S/C20H16F3NO6S/c1-28-17-8-7-15(31(26,27)20(21,22)23)11-16(17)24-19(25)18-13(9-10-29-18)12-30-14-5-3-2-4-6-14/h2-11H,12H2,1H3,(H,24,25). The maximum Gasteiger partial charge on any atom is 0.501 e. The molecule has 11 heteroatoms. The van der Waals surface area contributed by atoms with Crippen LogP contribution in [-0.4, -0.2) is 26.9 Å². The number of para-hydroxylation sites is 1. The molecule has 1 amide bonds. The van der Waals surface area contributed by atoms with E-state index in [0.717, 1.165) is 12.1 Å². The van der Waals surface area contributed by atoms with Gasteiger partial charge in [-0.3, -0.25) is 4.79 Å². The van der Waals surface area contributed by atoms with Crippen molar-refractivity contribution in [2.45, 2.75) is 17.0 Å². The third-order valence-corrected chi connectivity index (χ3v) is 5.61. The fraction of sp³-hybridized carbons (Fsp3) is 0.150. The number of amides is 1. The van der Waals surface area contributed by atoms with E-state index in [0.29, 0.717) is 17.4 Å². The van der Waals surface area contributed by atoms with E-state index in [9.17, 15) is 26.4 Å². The van der Waals surface area contributed by atoms with Crippen molar-refractivity contribution in [3.63, 3.8) is 0 Å². The van der Waals surface area contributed by atoms with Crippen LogP contribution in [0.25, 0.3) is 0 Å². The Hall–Kier alpha value is -3.47. The average molecular weight is 455 g/mol. The molecule has 1 heterocycles. The first-order valence-electron chi connectivity index (χ1n) is 8.68. The summed E-state index contributed by atoms with van der Waals surface area (Å²) in [5.41, 5.74) is -5.39. The van der Waals surface area contributed by atoms with Gasteiger partial charge in [-0.05, 0) is 36.4 Å². The largest absolute Gasteiger partial charge is 0.501 e. The summed E-state index contributed by atoms with van der Waals surface area (Å²) in [6.45, 7) is -0.0110. The van der Waals surface area contributed by atoms with E-state index in [-0.39, 0.29) is 23.8 Å². The zero-order chi connectivity index (χ0) is 22.6. The van der Waals surface area contributed by atoms with Crippen LogP contribution in [-0.2, 0) is 16.4 Å². The second-order valence-electron chi connectivity index (χ2n) is 6.14. The third kappa shape index (κ3) is 4.82. The molecule has 0 saturated heterocycles. The molecule has 0 unspecified atom stereocenters. The van der Waals surface area contributed by atoms with Gasteiger partial charge in [0, 0.05) is 5.56 Å². The van der Waals surface area contributed by atoms with Gasteiger partial charge in [0.25, 0.3) is 15.7 Å². The highest BCUT2D eigenvalue weighted by molar-refractivity contribution is 7.92. The highest BCUT2D eigenvalue weighted by Gasteiger charge is 2.47. The minimum atomic E-state index is -5.61. The van der Waals surface area contributed by atoms with Crippen LogP contribution in [0, 0.1) is 0 Å². The lowest BCUT2D eigenvalue weighted by Gasteiger charge is -2.13. The summed E-state index contributed by atoms with van der Waals surface area (Å²) in [6, 6.07) is 12.7. The molecule has 0 aliphatic carbocycles. The van der Waals surface area contributed by atoms with Crippen LogP contribution in [0.2, 0.25) is 0 Å². The van der Waals surface area contributed by atoms with Crippen molar-refractivity contribution in [3.05, 3.63) is 72.2 Å². The van der Waals surface area contributed by atoms with Crippen molar-refractivity contribution in [3.8, 4) is 11.5 Å². The number of furan rings is 1. The number of anilines is 1. The molecule has 3 rings (SSSR count). The molecule has 2 aromatic carbocycles. The molecule has 0 aliphatic heterocycles. The van der Waals surface area contributed by atoms with Crippen LogP contribution < -0.4 is 14.8 Å². The van der Waals surface area contributed by atoms with E-state index in [1.807, 2.05) is 6.07 Å². The third-order valence-electron chi connectivity index (χ3n) is 4.12. The van der Waals surface area contributed by atoms with E-state index < -0.39 is 26.1 Å². The SMILES string of the molecule is COc1ccc(S(=O)(=O)C(F)(F)F)cc1NC(=O)c1occc1COc1ccccc1. The molecule has 0 aliphatic rings. The van der Waals surface area contributed by atoms with E-state index in [4.69, 9.17) is 13.9 Å². The van der Waals surface area contributed by atoms with Gasteiger partial charge in [-0.2, -0.15) is 13.2 Å². The Morgan fingerprint density at radius 2 is 1.81 bits per heavy atom. The fourth-order valence-corrected chi connectivity index (χ4v) is 3.38. The van der Waals surface area contributed by atoms with Crippen molar-refractivity contribution >= 4 is 21.4 Å². The molecule has 31 heavy (non-hydrogen) atoms. The van der Waals surface area contributed by atoms with E-state index in [2.05, 4.69) is 5.32 Å². The highest BCUT2D eigenvalue weighted by Crippen LogP contribution is 2.35. The van der Waals surface area contributed by atoms with Crippen LogP contribution >= 0.6 is 0 Å². The van der Waals surface area contributed by atoms with Crippen LogP contribution in [0.15, 0.2) is 70.2 Å². The monoisotopic (exact) mass is 455 g/mol. The fourth-order valence-electron chi connectivity index (χ4n) is 2.59. The van der Waals surface area contributed by atoms with Crippen LogP contribution in [0.4, 0.5) is 18.9 Å². The quantitative estimate of drug-likeness (QED) is 0.567. The number of nitrogens with one attached hydrogen (secondary N) is 1. The highest BCUT2D eigenvalue weighted by atomic mass is 32.2. The number of hydrogen-bond donors (Lipinski definition) is 1. The molecule has 0 atom stereocenters. The summed E-state index contributed by atoms with van der Waals surface area (Å²) in [6.07, 6.45) is 1.25. The molecule has 164 valence electrons. The van der Waals surface area contributed by atoms with Gasteiger partial charge < -0.3 is 19.2 Å². The molecular weight excluding hydrogens is 439 g/mol. The summed E-state index contributed by atoms with van der Waals surface area (Å²) in [7, 11) is -4.39. The number of methoxy groups -OCH3 is 1. The maximum absolute atomic E-state index is 12.9. The molecule has 0 radical (unpaired) electrons. The van der Waals surface area contributed by atoms with Crippen LogP contribution in [0.5, 0.6) is 11.5 Å². The number of rotatable bonds is 7. The summed E-state index contributed by atoms with van der Waals surface area (Å²) >= 11 is 0. The van der Waals surface area contributed by atoms with Crippen molar-refractivity contribution in [2.75, 3.05) is 12.4 Å². The van der Waals surface area contributed by atoms with Gasteiger partial charge in [0.1, 0.15) is 18.1 Å². The van der Waals surface area contributed by atoms with Gasteiger partial charge in [0.05, 0.1) is 24.0 Å². The normalized spacial score (nSPS) is 11.7. The molecular formula is C20H16F3NO6S. The van der Waals surface area contributed by atoms with Gasteiger partial charge in [-0.25, -0.2) is 8.42 Å². The Labute approximate surface area is 175 Å². The second-order valence-corrected chi connectivity index (χ2v) is 8.08. The molecule has 0 bridgehead atoms. The Morgan fingerprint density at radius 1 is 1.10 bits per heavy atom. The number of ether oxygens (including phenoxy) is 2. The van der Waals surface area contributed by atoms with Crippen molar-refractivity contribution in [1.29, 1.82) is 0 Å². The second kappa shape index (κ2) is 8.72. The first kappa shape index (κ1) is 22.2. The van der Waals surface area contributed by atoms with E-state index >= 15 is 0 Å². The molecule has 0 saturated carbocycles. The summed E-state index contributed by atoms with van der Waals surface area (Å²) in [5.74, 6) is -0.455. The Kier molecular flexibility index (Phi) is 6.25. The van der Waals surface area contributed by atoms with Crippen molar-refractivity contribution in [1.82, 2.24) is 0 Å². The van der Waals surface area contributed by atoms with Gasteiger partial charge >= 0.3 is 5.51 Å². The number of carbonyl (C=O) groups is 1. The van der Waals surface area contributed by atoms with Gasteiger partial charge in [-0.15, -0.1) is 0 Å². The van der Waals surface area contributed by atoms with Gasteiger partial charge in [0.15, 0.2) is 5.76 Å². The molecule has 1 aromatic heterocycles. The zero-order valence-corrected chi connectivity index (χ0v) is 16.8. The topological polar surface area (TPSA) is 94.8 Å². The Balaban J connectivity index is 1.84. The average Bonchev–Trinajstić information content (AvgIpc) is 3.21. The molecule has 3 aromatic rings. The minimum Gasteiger partial charge on any atom is -0.495 e.